The van der Waals surface area contributed by atoms with Crippen LogP contribution in [-0.4, -0.2) is 17.0 Å². The van der Waals surface area contributed by atoms with Crippen molar-refractivity contribution in [1.29, 1.82) is 0 Å². The third-order valence-electron chi connectivity index (χ3n) is 4.46. The average molecular weight is 414 g/mol. The molecule has 1 amide bonds. The lowest BCUT2D eigenvalue weighted by molar-refractivity contribution is 0.0696. The molecule has 1 N–H and O–H groups in total. The number of anilines is 1. The molecule has 1 heterocycles. The minimum Gasteiger partial charge on any atom is -0.478 e. The molecule has 140 valence electrons. The van der Waals surface area contributed by atoms with Crippen LogP contribution >= 0.6 is 23.4 Å². The fraction of sp³-hybridized carbons (Fsp3) is 0.0476. The second-order valence-corrected chi connectivity index (χ2v) is 7.67. The maximum Gasteiger partial charge on any atom is 0.335 e. The summed E-state index contributed by atoms with van der Waals surface area (Å²) in [5, 5.41) is 9.57. The molecule has 0 saturated carbocycles. The minimum absolute atomic E-state index is 0.0442. The second-order valence-electron chi connectivity index (χ2n) is 6.18. The van der Waals surface area contributed by atoms with Gasteiger partial charge in [-0.2, -0.15) is 0 Å². The largest absolute Gasteiger partial charge is 0.478 e. The van der Waals surface area contributed by atoms with Crippen molar-refractivity contribution in [2.75, 3.05) is 4.90 Å². The highest BCUT2D eigenvalue weighted by molar-refractivity contribution is 7.99. The zero-order valence-corrected chi connectivity index (χ0v) is 15.9. The molecule has 0 aromatic heterocycles. The van der Waals surface area contributed by atoms with Gasteiger partial charge in [0.15, 0.2) is 0 Å². The van der Waals surface area contributed by atoms with E-state index in [0.29, 0.717) is 16.1 Å². The van der Waals surface area contributed by atoms with Gasteiger partial charge in [-0.3, -0.25) is 4.79 Å². The molecule has 7 heteroatoms. The summed E-state index contributed by atoms with van der Waals surface area (Å²) in [6, 6.07) is 16.0. The van der Waals surface area contributed by atoms with Crippen molar-refractivity contribution in [3.05, 3.63) is 88.2 Å². The molecule has 4 rings (SSSR count). The fourth-order valence-corrected chi connectivity index (χ4v) is 4.33. The van der Waals surface area contributed by atoms with Gasteiger partial charge in [-0.25, -0.2) is 9.18 Å². The zero-order chi connectivity index (χ0) is 19.8. The van der Waals surface area contributed by atoms with E-state index in [1.807, 2.05) is 12.1 Å². The number of carbonyl (C=O) groups excluding carboxylic acids is 1. The number of hydrogen-bond acceptors (Lipinski definition) is 3. The summed E-state index contributed by atoms with van der Waals surface area (Å²) in [5.74, 6) is -1.98. The van der Waals surface area contributed by atoms with Gasteiger partial charge in [0.2, 0.25) is 0 Å². The molecule has 3 aromatic carbocycles. The molecule has 28 heavy (non-hydrogen) atoms. The lowest BCUT2D eigenvalue weighted by Gasteiger charge is -2.24. The van der Waals surface area contributed by atoms with Crippen LogP contribution in [0.2, 0.25) is 5.02 Å². The van der Waals surface area contributed by atoms with Gasteiger partial charge in [-0.05, 0) is 42.5 Å². The normalized spacial score (nSPS) is 12.9. The van der Waals surface area contributed by atoms with Crippen molar-refractivity contribution in [2.45, 2.75) is 16.3 Å². The summed E-state index contributed by atoms with van der Waals surface area (Å²) in [4.78, 5) is 27.6. The monoisotopic (exact) mass is 413 g/mol. The summed E-state index contributed by atoms with van der Waals surface area (Å²) >= 11 is 7.54. The van der Waals surface area contributed by atoms with Crippen LogP contribution in [-0.2, 0) is 6.54 Å². The molecule has 0 saturated heterocycles. The molecule has 1 aliphatic heterocycles. The van der Waals surface area contributed by atoms with E-state index in [-0.39, 0.29) is 28.6 Å². The Balaban J connectivity index is 1.91. The van der Waals surface area contributed by atoms with Crippen LogP contribution in [0, 0.1) is 5.82 Å². The summed E-state index contributed by atoms with van der Waals surface area (Å²) < 4.78 is 14.4. The van der Waals surface area contributed by atoms with Crippen LogP contribution < -0.4 is 4.90 Å². The van der Waals surface area contributed by atoms with Crippen molar-refractivity contribution in [2.24, 2.45) is 0 Å². The quantitative estimate of drug-likeness (QED) is 0.617. The van der Waals surface area contributed by atoms with Crippen molar-refractivity contribution in [3.63, 3.8) is 0 Å². The molecule has 0 fully saturated rings. The highest BCUT2D eigenvalue weighted by Gasteiger charge is 2.29. The first kappa shape index (κ1) is 18.5. The van der Waals surface area contributed by atoms with Gasteiger partial charge in [0.05, 0.1) is 23.4 Å². The minimum atomic E-state index is -1.11. The Morgan fingerprint density at radius 1 is 1.07 bits per heavy atom. The van der Waals surface area contributed by atoms with E-state index in [9.17, 15) is 19.1 Å². The Hall–Kier alpha value is -2.83. The van der Waals surface area contributed by atoms with E-state index in [1.54, 1.807) is 24.3 Å². The summed E-state index contributed by atoms with van der Waals surface area (Å²) in [6.07, 6.45) is 0. The van der Waals surface area contributed by atoms with Crippen molar-refractivity contribution >= 4 is 40.9 Å². The van der Waals surface area contributed by atoms with E-state index in [0.717, 1.165) is 4.90 Å². The molecule has 4 nitrogen and oxygen atoms in total. The van der Waals surface area contributed by atoms with Gasteiger partial charge in [0.1, 0.15) is 5.82 Å². The Morgan fingerprint density at radius 3 is 2.61 bits per heavy atom. The zero-order valence-electron chi connectivity index (χ0n) is 14.4. The fourth-order valence-electron chi connectivity index (χ4n) is 3.05. The standard InChI is InChI=1S/C21H13ClFNO3S/c22-15-5-3-6-16(23)14(15)11-24-17-10-12(21(26)27)8-9-19(17)28-18-7-2-1-4-13(18)20(24)25/h1-10H,11H2,(H,26,27). The van der Waals surface area contributed by atoms with Crippen molar-refractivity contribution in [1.82, 2.24) is 0 Å². The van der Waals surface area contributed by atoms with E-state index in [4.69, 9.17) is 11.6 Å². The predicted octanol–water partition coefficient (Wildman–Crippen LogP) is 5.49. The van der Waals surface area contributed by atoms with Crippen LogP contribution in [0.15, 0.2) is 70.5 Å². The molecular weight excluding hydrogens is 401 g/mol. The van der Waals surface area contributed by atoms with Crippen LogP contribution in [0.1, 0.15) is 26.3 Å². The highest BCUT2D eigenvalue weighted by atomic mass is 35.5. The summed E-state index contributed by atoms with van der Waals surface area (Å²) in [6.45, 7) is -0.116. The molecule has 0 unspecified atom stereocenters. The van der Waals surface area contributed by atoms with E-state index < -0.39 is 11.8 Å². The molecule has 0 radical (unpaired) electrons. The second kappa shape index (κ2) is 7.30. The Bertz CT molecular complexity index is 1100. The topological polar surface area (TPSA) is 57.6 Å². The van der Waals surface area contributed by atoms with E-state index >= 15 is 0 Å². The number of hydrogen-bond donors (Lipinski definition) is 1. The number of carboxylic acids is 1. The van der Waals surface area contributed by atoms with Crippen molar-refractivity contribution in [3.8, 4) is 0 Å². The smallest absolute Gasteiger partial charge is 0.335 e. The predicted molar refractivity (Wildman–Crippen MR) is 106 cm³/mol. The maximum atomic E-state index is 14.4. The number of halogens is 2. The lowest BCUT2D eigenvalue weighted by Crippen LogP contribution is -2.31. The van der Waals surface area contributed by atoms with Gasteiger partial charge >= 0.3 is 5.97 Å². The first-order valence-corrected chi connectivity index (χ1v) is 9.54. The van der Waals surface area contributed by atoms with Crippen LogP contribution in [0.25, 0.3) is 0 Å². The van der Waals surface area contributed by atoms with E-state index in [1.165, 1.54) is 40.9 Å². The maximum absolute atomic E-state index is 14.4. The molecule has 0 bridgehead atoms. The van der Waals surface area contributed by atoms with Gasteiger partial charge in [0, 0.05) is 20.4 Å². The number of amides is 1. The van der Waals surface area contributed by atoms with Gasteiger partial charge in [0.25, 0.3) is 5.91 Å². The third kappa shape index (κ3) is 3.25. The number of aromatic carboxylic acids is 1. The Labute approximate surface area is 169 Å². The van der Waals surface area contributed by atoms with Gasteiger partial charge < -0.3 is 10.0 Å². The van der Waals surface area contributed by atoms with Gasteiger partial charge in [-0.1, -0.05) is 41.6 Å². The molecule has 0 aliphatic carbocycles. The van der Waals surface area contributed by atoms with E-state index in [2.05, 4.69) is 0 Å². The summed E-state index contributed by atoms with van der Waals surface area (Å²) in [5.41, 5.74) is 1.09. The Kier molecular flexibility index (Phi) is 4.83. The number of benzene rings is 3. The molecule has 3 aromatic rings. The Morgan fingerprint density at radius 2 is 1.86 bits per heavy atom. The SMILES string of the molecule is O=C(O)c1ccc2c(c1)N(Cc1c(F)cccc1Cl)C(=O)c1ccccc1S2. The first-order valence-electron chi connectivity index (χ1n) is 8.34. The first-order chi connectivity index (χ1) is 13.5. The molecule has 1 aliphatic rings. The average Bonchev–Trinajstić information content (AvgIpc) is 2.79. The van der Waals surface area contributed by atoms with Crippen LogP contribution in [0.5, 0.6) is 0 Å². The third-order valence-corrected chi connectivity index (χ3v) is 5.95. The number of carboxylic acid groups (broad SMARTS) is 1. The highest BCUT2D eigenvalue weighted by Crippen LogP contribution is 2.42. The number of carbonyl (C=O) groups is 2. The van der Waals surface area contributed by atoms with Crippen LogP contribution in [0.4, 0.5) is 10.1 Å². The molecule has 0 atom stereocenters. The van der Waals surface area contributed by atoms with Crippen molar-refractivity contribution < 1.29 is 19.1 Å². The molecular formula is C21H13ClFNO3S. The summed E-state index contributed by atoms with van der Waals surface area (Å²) in [7, 11) is 0. The number of nitrogens with zero attached hydrogens (tertiary/aromatic N) is 1. The molecule has 0 spiro atoms. The van der Waals surface area contributed by atoms with Gasteiger partial charge in [-0.15, -0.1) is 0 Å². The van der Waals surface area contributed by atoms with Crippen LogP contribution in [0.3, 0.4) is 0 Å². The number of rotatable bonds is 3. The lowest BCUT2D eigenvalue weighted by atomic mass is 10.1. The number of fused-ring (bicyclic) bond motifs is 2.